The minimum atomic E-state index is -4.40. The van der Waals surface area contributed by atoms with Gasteiger partial charge in [0.05, 0.1) is 39.8 Å². The van der Waals surface area contributed by atoms with Crippen molar-refractivity contribution in [2.24, 2.45) is 5.92 Å². The topological polar surface area (TPSA) is 155 Å². The summed E-state index contributed by atoms with van der Waals surface area (Å²) in [6.45, 7) is 9.60. The molecule has 0 radical (unpaired) electrons. The largest absolute Gasteiger partial charge is 0.416 e. The van der Waals surface area contributed by atoms with Crippen LogP contribution in [-0.2, 0) is 15.8 Å². The van der Waals surface area contributed by atoms with Crippen LogP contribution < -0.4 is 26.2 Å². The van der Waals surface area contributed by atoms with Crippen molar-refractivity contribution in [1.29, 1.82) is 0 Å². The van der Waals surface area contributed by atoms with Crippen LogP contribution >= 0.6 is 0 Å². The van der Waals surface area contributed by atoms with Gasteiger partial charge < -0.3 is 41.1 Å². The average molecular weight is 1010 g/mol. The number of hydrogen-bond donors (Lipinski definition) is 5. The quantitative estimate of drug-likeness (QED) is 0.0623. The lowest BCUT2D eigenvalue weighted by molar-refractivity contribution is -0.137. The first kappa shape index (κ1) is 52.1. The SMILES string of the molecule is CC(C)(O)C1CCC(Nc2ccc3ncc(-c4cccc(C(F)(F)F)c4)n3n2)CC1.CN(C)c1ccc(Nc2c3ccc(NC(=O)CCN4CCCC4)cc3nc3cc(NC(=O)CCN4CCCC4)ccc23)cc1. The molecule has 2 aliphatic heterocycles. The molecule has 14 nitrogen and oxygen atoms in total. The first-order valence-corrected chi connectivity index (χ1v) is 26.0. The van der Waals surface area contributed by atoms with E-state index in [1.165, 1.54) is 37.9 Å². The van der Waals surface area contributed by atoms with Gasteiger partial charge in [-0.3, -0.25) is 9.59 Å². The predicted octanol–water partition coefficient (Wildman–Crippen LogP) is 11.2. The highest BCUT2D eigenvalue weighted by atomic mass is 19.4. The van der Waals surface area contributed by atoms with E-state index < -0.39 is 17.3 Å². The molecule has 0 unspecified atom stereocenters. The summed E-state index contributed by atoms with van der Waals surface area (Å²) in [6, 6.07) is 29.1. The van der Waals surface area contributed by atoms with Gasteiger partial charge in [0.15, 0.2) is 5.65 Å². The lowest BCUT2D eigenvalue weighted by atomic mass is 9.77. The number of fused-ring (bicyclic) bond motifs is 3. The van der Waals surface area contributed by atoms with Crippen LogP contribution in [0.25, 0.3) is 38.7 Å². The number of aliphatic hydroxyl groups is 1. The van der Waals surface area contributed by atoms with Gasteiger partial charge in [0.1, 0.15) is 5.82 Å². The van der Waals surface area contributed by atoms with Crippen molar-refractivity contribution in [3.63, 3.8) is 0 Å². The summed E-state index contributed by atoms with van der Waals surface area (Å²) in [7, 11) is 4.05. The molecular weight excluding hydrogens is 944 g/mol. The van der Waals surface area contributed by atoms with Crippen LogP contribution in [0.2, 0.25) is 0 Å². The highest BCUT2D eigenvalue weighted by Gasteiger charge is 2.32. The van der Waals surface area contributed by atoms with Crippen molar-refractivity contribution in [3.05, 3.63) is 109 Å². The predicted molar refractivity (Wildman–Crippen MR) is 290 cm³/mol. The summed E-state index contributed by atoms with van der Waals surface area (Å²) >= 11 is 0. The third kappa shape index (κ3) is 13.1. The standard InChI is InChI=1S/C35H43N7O2.C22H25F3N4O/c1-40(2)28-11-7-25(8-12-28)38-35-29-13-9-26(36-33(43)15-21-41-17-3-4-18-41)23-31(29)39-32-24-27(10-14-30(32)35)37-34(44)16-22-42-19-5-6-20-42;1-21(2,30)15-6-8-17(9-7-15)27-19-10-11-20-26-13-18(29(20)28-19)14-4-3-5-16(12-14)22(23,24)25/h7-14,23-24H,3-6,15-22H2,1-2H3,(H,36,43)(H,37,44)(H,38,39);3-5,10-13,15,17,30H,6-9H2,1-2H3,(H,27,28). The molecule has 74 heavy (non-hydrogen) atoms. The van der Waals surface area contributed by atoms with Gasteiger partial charge in [-0.25, -0.2) is 14.5 Å². The molecule has 1 aliphatic carbocycles. The second-order valence-corrected chi connectivity index (χ2v) is 20.8. The third-order valence-corrected chi connectivity index (χ3v) is 14.6. The highest BCUT2D eigenvalue weighted by molar-refractivity contribution is 6.10. The van der Waals surface area contributed by atoms with Gasteiger partial charge in [-0.1, -0.05) is 12.1 Å². The van der Waals surface area contributed by atoms with Crippen LogP contribution in [-0.4, -0.2) is 111 Å². The molecular formula is C57H68F3N11O3. The number of carbonyl (C=O) groups is 2. The lowest BCUT2D eigenvalue weighted by Crippen LogP contribution is -2.37. The summed E-state index contributed by atoms with van der Waals surface area (Å²) < 4.78 is 40.8. The molecule has 3 aliphatic rings. The van der Waals surface area contributed by atoms with E-state index in [1.807, 2.05) is 70.4 Å². The zero-order valence-electron chi connectivity index (χ0n) is 42.8. The number of nitrogens with one attached hydrogen (secondary N) is 4. The lowest BCUT2D eigenvalue weighted by Gasteiger charge is -2.36. The number of pyridine rings is 1. The number of anilines is 6. The van der Waals surface area contributed by atoms with Crippen molar-refractivity contribution in [2.75, 3.05) is 79.5 Å². The smallest absolute Gasteiger partial charge is 0.390 e. The molecule has 2 saturated heterocycles. The van der Waals surface area contributed by atoms with Gasteiger partial charge in [0.2, 0.25) is 11.8 Å². The van der Waals surface area contributed by atoms with Crippen molar-refractivity contribution >= 4 is 73.5 Å². The van der Waals surface area contributed by atoms with Crippen LogP contribution in [0.3, 0.4) is 0 Å². The second-order valence-electron chi connectivity index (χ2n) is 20.8. The maximum atomic E-state index is 13.1. The second kappa shape index (κ2) is 22.7. The zero-order valence-corrected chi connectivity index (χ0v) is 42.8. The summed E-state index contributed by atoms with van der Waals surface area (Å²) in [6.07, 6.45) is 6.66. The Labute approximate surface area is 430 Å². The first-order valence-electron chi connectivity index (χ1n) is 26.0. The molecule has 3 fully saturated rings. The van der Waals surface area contributed by atoms with Crippen LogP contribution in [0.4, 0.5) is 47.4 Å². The van der Waals surface area contributed by atoms with Crippen molar-refractivity contribution in [3.8, 4) is 11.3 Å². The fraction of sp³-hybridized carbons (Fsp3) is 0.421. The molecule has 17 heteroatoms. The van der Waals surface area contributed by atoms with Gasteiger partial charge in [-0.05, 0) is 182 Å². The van der Waals surface area contributed by atoms with Crippen LogP contribution in [0.1, 0.15) is 83.6 Å². The highest BCUT2D eigenvalue weighted by Crippen LogP contribution is 2.37. The Morgan fingerprint density at radius 3 is 1.82 bits per heavy atom. The molecule has 10 rings (SSSR count). The number of halogens is 3. The Morgan fingerprint density at radius 1 is 0.716 bits per heavy atom. The number of carbonyl (C=O) groups excluding carboxylic acids is 2. The van der Waals surface area contributed by atoms with E-state index in [4.69, 9.17) is 4.98 Å². The third-order valence-electron chi connectivity index (χ3n) is 14.6. The molecule has 0 atom stereocenters. The van der Waals surface area contributed by atoms with Gasteiger partial charge in [0.25, 0.3) is 0 Å². The zero-order chi connectivity index (χ0) is 52.0. The van der Waals surface area contributed by atoms with E-state index in [1.54, 1.807) is 16.6 Å². The minimum absolute atomic E-state index is 0.00954. The van der Waals surface area contributed by atoms with E-state index in [-0.39, 0.29) is 23.8 Å². The molecule has 5 N–H and O–H groups in total. The van der Waals surface area contributed by atoms with E-state index in [2.05, 4.69) is 70.3 Å². The van der Waals surface area contributed by atoms with Gasteiger partial charge >= 0.3 is 6.18 Å². The Hall–Kier alpha value is -6.82. The fourth-order valence-electron chi connectivity index (χ4n) is 10.4. The summed E-state index contributed by atoms with van der Waals surface area (Å²) in [4.78, 5) is 41.6. The van der Waals surface area contributed by atoms with Gasteiger partial charge in [-0.15, -0.1) is 5.10 Å². The van der Waals surface area contributed by atoms with Crippen molar-refractivity contribution in [1.82, 2.24) is 29.4 Å². The van der Waals surface area contributed by atoms with E-state index >= 15 is 0 Å². The molecule has 4 aromatic carbocycles. The van der Waals surface area contributed by atoms with E-state index in [0.29, 0.717) is 35.6 Å². The van der Waals surface area contributed by atoms with E-state index in [9.17, 15) is 27.9 Å². The number of hydrogen-bond acceptors (Lipinski definition) is 11. The molecule has 2 amide bonds. The van der Waals surface area contributed by atoms with E-state index in [0.717, 1.165) is 127 Å². The maximum Gasteiger partial charge on any atom is 0.416 e. The minimum Gasteiger partial charge on any atom is -0.390 e. The van der Waals surface area contributed by atoms with Crippen molar-refractivity contribution < 1.29 is 27.9 Å². The Bertz CT molecular complexity index is 2970. The fourth-order valence-corrected chi connectivity index (χ4v) is 10.4. The monoisotopic (exact) mass is 1010 g/mol. The Kier molecular flexibility index (Phi) is 16.0. The molecule has 0 spiro atoms. The number of alkyl halides is 3. The molecule has 390 valence electrons. The van der Waals surface area contributed by atoms with Crippen LogP contribution in [0, 0.1) is 5.92 Å². The average Bonchev–Trinajstić information content (AvgIpc) is 4.19. The summed E-state index contributed by atoms with van der Waals surface area (Å²) in [5, 5.41) is 29.9. The molecule has 1 saturated carbocycles. The molecule has 7 aromatic rings. The number of aromatic nitrogens is 4. The number of nitrogens with zero attached hydrogens (tertiary/aromatic N) is 7. The molecule has 3 aromatic heterocycles. The molecule has 5 heterocycles. The summed E-state index contributed by atoms with van der Waals surface area (Å²) in [5.74, 6) is 0.957. The number of benzene rings is 4. The number of amides is 2. The van der Waals surface area contributed by atoms with Crippen molar-refractivity contribution in [2.45, 2.75) is 95.9 Å². The molecule has 0 bridgehead atoms. The van der Waals surface area contributed by atoms with Gasteiger partial charge in [0, 0.05) is 85.2 Å². The first-order chi connectivity index (χ1) is 35.5. The number of rotatable bonds is 15. The van der Waals surface area contributed by atoms with Gasteiger partial charge in [-0.2, -0.15) is 13.2 Å². The number of likely N-dealkylation sites (tertiary alicyclic amines) is 2. The number of imidazole rings is 1. The van der Waals surface area contributed by atoms with Crippen LogP contribution in [0.5, 0.6) is 0 Å². The Morgan fingerprint density at radius 2 is 1.28 bits per heavy atom. The maximum absolute atomic E-state index is 13.1. The summed E-state index contributed by atoms with van der Waals surface area (Å²) in [5.41, 5.74) is 6.11. The van der Waals surface area contributed by atoms with Crippen LogP contribution in [0.15, 0.2) is 103 Å². The normalized spacial score (nSPS) is 17.6. The Balaban J connectivity index is 0.000000195.